The quantitative estimate of drug-likeness (QED) is 0.910. The fraction of sp³-hybridized carbons (Fsp3) is 0.267. The van der Waals surface area contributed by atoms with Gasteiger partial charge in [0.15, 0.2) is 0 Å². The number of aromatic nitrogens is 1. The maximum absolute atomic E-state index is 4.32. The lowest BCUT2D eigenvalue weighted by molar-refractivity contribution is 0.572. The summed E-state index contributed by atoms with van der Waals surface area (Å²) in [6.45, 7) is 3.11. The third-order valence-corrected chi connectivity index (χ3v) is 3.65. The highest BCUT2D eigenvalue weighted by atomic mass is 79.9. The van der Waals surface area contributed by atoms with Crippen LogP contribution in [0.2, 0.25) is 0 Å². The van der Waals surface area contributed by atoms with Gasteiger partial charge in [0.05, 0.1) is 0 Å². The van der Waals surface area contributed by atoms with Crippen LogP contribution in [0.25, 0.3) is 0 Å². The minimum atomic E-state index is 0.337. The zero-order valence-electron chi connectivity index (χ0n) is 10.4. The van der Waals surface area contributed by atoms with Crippen molar-refractivity contribution in [3.05, 3.63) is 64.4 Å². The van der Waals surface area contributed by atoms with Crippen LogP contribution in [0.3, 0.4) is 0 Å². The van der Waals surface area contributed by atoms with E-state index in [1.54, 1.807) is 0 Å². The number of rotatable bonds is 5. The van der Waals surface area contributed by atoms with Gasteiger partial charge in [-0.05, 0) is 30.7 Å². The van der Waals surface area contributed by atoms with Crippen molar-refractivity contribution < 1.29 is 0 Å². The molecule has 94 valence electrons. The maximum atomic E-state index is 4.32. The molecule has 3 heteroatoms. The fourth-order valence-electron chi connectivity index (χ4n) is 1.90. The molecule has 1 N–H and O–H groups in total. The van der Waals surface area contributed by atoms with Crippen LogP contribution < -0.4 is 5.32 Å². The molecule has 1 heterocycles. The minimum absolute atomic E-state index is 0.337. The van der Waals surface area contributed by atoms with Crippen LogP contribution in [0.5, 0.6) is 0 Å². The largest absolute Gasteiger partial charge is 0.310 e. The summed E-state index contributed by atoms with van der Waals surface area (Å²) in [7, 11) is 0. The van der Waals surface area contributed by atoms with Gasteiger partial charge in [0, 0.05) is 35.4 Å². The Morgan fingerprint density at radius 3 is 2.67 bits per heavy atom. The zero-order chi connectivity index (χ0) is 12.8. The van der Waals surface area contributed by atoms with Crippen LogP contribution in [0.1, 0.15) is 24.2 Å². The first-order chi connectivity index (χ1) is 8.77. The van der Waals surface area contributed by atoms with E-state index in [0.29, 0.717) is 6.04 Å². The summed E-state index contributed by atoms with van der Waals surface area (Å²) in [6.07, 6.45) is 2.79. The van der Waals surface area contributed by atoms with E-state index in [9.17, 15) is 0 Å². The molecular formula is C15H17BrN2. The average molecular weight is 305 g/mol. The third-order valence-electron chi connectivity index (χ3n) is 2.93. The van der Waals surface area contributed by atoms with Gasteiger partial charge in [0.25, 0.3) is 0 Å². The van der Waals surface area contributed by atoms with Crippen molar-refractivity contribution in [2.75, 3.05) is 6.54 Å². The highest BCUT2D eigenvalue weighted by Gasteiger charge is 2.07. The monoisotopic (exact) mass is 304 g/mol. The number of pyridine rings is 1. The van der Waals surface area contributed by atoms with Crippen molar-refractivity contribution in [1.82, 2.24) is 10.3 Å². The standard InChI is InChI=1S/C15H17BrN2/c1-12(14-7-2-3-8-15(14)16)17-11-9-13-6-4-5-10-18-13/h2-8,10,12,17H,9,11H2,1H3. The van der Waals surface area contributed by atoms with Gasteiger partial charge in [-0.1, -0.05) is 40.2 Å². The molecule has 18 heavy (non-hydrogen) atoms. The molecule has 0 saturated carbocycles. The van der Waals surface area contributed by atoms with Gasteiger partial charge >= 0.3 is 0 Å². The first-order valence-corrected chi connectivity index (χ1v) is 6.94. The third kappa shape index (κ3) is 3.65. The number of nitrogens with zero attached hydrogens (tertiary/aromatic N) is 1. The van der Waals surface area contributed by atoms with Gasteiger partial charge in [-0.25, -0.2) is 0 Å². The topological polar surface area (TPSA) is 24.9 Å². The van der Waals surface area contributed by atoms with Gasteiger partial charge in [-0.3, -0.25) is 4.98 Å². The molecule has 2 aromatic rings. The maximum Gasteiger partial charge on any atom is 0.0416 e. The van der Waals surface area contributed by atoms with Crippen LogP contribution in [-0.4, -0.2) is 11.5 Å². The summed E-state index contributed by atoms with van der Waals surface area (Å²) in [4.78, 5) is 4.32. The molecule has 1 aromatic carbocycles. The predicted octanol–water partition coefficient (Wildman–Crippen LogP) is 3.74. The van der Waals surface area contributed by atoms with Crippen molar-refractivity contribution in [2.45, 2.75) is 19.4 Å². The van der Waals surface area contributed by atoms with Crippen LogP contribution in [0, 0.1) is 0 Å². The number of halogens is 1. The van der Waals surface area contributed by atoms with Crippen molar-refractivity contribution in [3.8, 4) is 0 Å². The van der Waals surface area contributed by atoms with Crippen molar-refractivity contribution in [3.63, 3.8) is 0 Å². The summed E-state index contributed by atoms with van der Waals surface area (Å²) in [5.41, 5.74) is 2.42. The fourth-order valence-corrected chi connectivity index (χ4v) is 2.53. The number of hydrogen-bond donors (Lipinski definition) is 1. The summed E-state index contributed by atoms with van der Waals surface area (Å²) in [5, 5.41) is 3.52. The van der Waals surface area contributed by atoms with Crippen molar-refractivity contribution >= 4 is 15.9 Å². The molecule has 1 unspecified atom stereocenters. The molecule has 0 saturated heterocycles. The number of nitrogens with one attached hydrogen (secondary N) is 1. The van der Waals surface area contributed by atoms with Gasteiger partial charge in [0.1, 0.15) is 0 Å². The second-order valence-corrected chi connectivity index (χ2v) is 5.12. The molecule has 0 amide bonds. The Morgan fingerprint density at radius 1 is 1.17 bits per heavy atom. The summed E-state index contributed by atoms with van der Waals surface area (Å²) >= 11 is 3.58. The molecule has 0 aliphatic heterocycles. The second kappa shape index (κ2) is 6.66. The lowest BCUT2D eigenvalue weighted by Gasteiger charge is -2.15. The van der Waals surface area contributed by atoms with E-state index in [-0.39, 0.29) is 0 Å². The number of benzene rings is 1. The Hall–Kier alpha value is -1.19. The Bertz CT molecular complexity index is 485. The molecule has 1 atom stereocenters. The highest BCUT2D eigenvalue weighted by molar-refractivity contribution is 9.10. The van der Waals surface area contributed by atoms with Gasteiger partial charge in [-0.2, -0.15) is 0 Å². The van der Waals surface area contributed by atoms with E-state index >= 15 is 0 Å². The molecule has 0 fully saturated rings. The highest BCUT2D eigenvalue weighted by Crippen LogP contribution is 2.22. The Balaban J connectivity index is 1.86. The SMILES string of the molecule is CC(NCCc1ccccn1)c1ccccc1Br. The lowest BCUT2D eigenvalue weighted by Crippen LogP contribution is -2.21. The molecule has 0 bridgehead atoms. The van der Waals surface area contributed by atoms with Crippen molar-refractivity contribution in [2.24, 2.45) is 0 Å². The molecule has 2 nitrogen and oxygen atoms in total. The molecule has 0 aliphatic rings. The molecule has 0 radical (unpaired) electrons. The lowest BCUT2D eigenvalue weighted by atomic mass is 10.1. The predicted molar refractivity (Wildman–Crippen MR) is 78.5 cm³/mol. The first-order valence-electron chi connectivity index (χ1n) is 6.15. The molecular weight excluding hydrogens is 288 g/mol. The minimum Gasteiger partial charge on any atom is -0.310 e. The molecule has 2 rings (SSSR count). The van der Waals surface area contributed by atoms with Crippen LogP contribution in [0.4, 0.5) is 0 Å². The van der Waals surface area contributed by atoms with Crippen molar-refractivity contribution in [1.29, 1.82) is 0 Å². The first kappa shape index (κ1) is 13.2. The van der Waals surface area contributed by atoms with Gasteiger partial charge in [-0.15, -0.1) is 0 Å². The Kier molecular flexibility index (Phi) is 4.90. The second-order valence-electron chi connectivity index (χ2n) is 4.27. The Morgan fingerprint density at radius 2 is 1.94 bits per heavy atom. The van der Waals surface area contributed by atoms with E-state index < -0.39 is 0 Å². The van der Waals surface area contributed by atoms with E-state index in [1.165, 1.54) is 5.56 Å². The zero-order valence-corrected chi connectivity index (χ0v) is 12.0. The average Bonchev–Trinajstić information content (AvgIpc) is 2.40. The smallest absolute Gasteiger partial charge is 0.0416 e. The summed E-state index contributed by atoms with van der Waals surface area (Å²) in [5.74, 6) is 0. The van der Waals surface area contributed by atoms with E-state index in [0.717, 1.165) is 23.1 Å². The summed E-state index contributed by atoms with van der Waals surface area (Å²) in [6, 6.07) is 14.7. The van der Waals surface area contributed by atoms with E-state index in [2.05, 4.69) is 57.4 Å². The van der Waals surface area contributed by atoms with E-state index in [1.807, 2.05) is 24.4 Å². The van der Waals surface area contributed by atoms with Gasteiger partial charge < -0.3 is 5.32 Å². The normalized spacial score (nSPS) is 12.3. The molecule has 1 aromatic heterocycles. The van der Waals surface area contributed by atoms with Gasteiger partial charge in [0.2, 0.25) is 0 Å². The van der Waals surface area contributed by atoms with Crippen LogP contribution in [0.15, 0.2) is 53.1 Å². The van der Waals surface area contributed by atoms with Crippen LogP contribution >= 0.6 is 15.9 Å². The molecule has 0 aliphatic carbocycles. The summed E-state index contributed by atoms with van der Waals surface area (Å²) < 4.78 is 1.16. The number of hydrogen-bond acceptors (Lipinski definition) is 2. The van der Waals surface area contributed by atoms with E-state index in [4.69, 9.17) is 0 Å². The Labute approximate surface area is 117 Å². The molecule has 0 spiro atoms. The van der Waals surface area contributed by atoms with Crippen LogP contribution in [-0.2, 0) is 6.42 Å².